The minimum absolute atomic E-state index is 0.0202. The van der Waals surface area contributed by atoms with Crippen molar-refractivity contribution >= 4 is 22.5 Å². The number of hydrogen-bond donors (Lipinski definition) is 1. The second-order valence-electron chi connectivity index (χ2n) is 8.97. The van der Waals surface area contributed by atoms with Crippen LogP contribution in [0.4, 0.5) is 9.93 Å². The van der Waals surface area contributed by atoms with E-state index in [1.54, 1.807) is 11.3 Å². The first-order valence-corrected chi connectivity index (χ1v) is 11.7. The van der Waals surface area contributed by atoms with Gasteiger partial charge in [-0.2, -0.15) is 0 Å². The molecule has 0 bridgehead atoms. The van der Waals surface area contributed by atoms with Gasteiger partial charge in [0.1, 0.15) is 0 Å². The zero-order valence-corrected chi connectivity index (χ0v) is 18.9. The van der Waals surface area contributed by atoms with E-state index >= 15 is 0 Å². The van der Waals surface area contributed by atoms with Crippen molar-refractivity contribution in [2.75, 3.05) is 25.5 Å². The van der Waals surface area contributed by atoms with Gasteiger partial charge in [-0.05, 0) is 45.3 Å². The molecule has 1 aliphatic heterocycles. The molecule has 1 N–H and O–H groups in total. The van der Waals surface area contributed by atoms with E-state index in [1.807, 2.05) is 28.5 Å². The Morgan fingerprint density at radius 3 is 2.26 bits per heavy atom. The number of anilines is 1. The fourth-order valence-electron chi connectivity index (χ4n) is 5.16. The molecule has 3 aromatic rings. The molecule has 5 nitrogen and oxygen atoms in total. The van der Waals surface area contributed by atoms with Crippen LogP contribution < -0.4 is 10.2 Å². The smallest absolute Gasteiger partial charge is 0.324 e. The summed E-state index contributed by atoms with van der Waals surface area (Å²) in [6.45, 7) is 0.686. The van der Waals surface area contributed by atoms with E-state index in [-0.39, 0.29) is 17.1 Å². The molecule has 0 atom stereocenters. The standard InChI is InChI=1S/C25H28N4OS/c1-28(2)25(20-11-7-4-8-12-20)15-13-24(14-16-25)18-29(22(30)27-24)23-26-21(17-31-23)19-9-5-3-6-10-19/h3-12,17H,13-16,18H2,1-2H3,(H,27,30). The molecular weight excluding hydrogens is 404 g/mol. The molecule has 160 valence electrons. The summed E-state index contributed by atoms with van der Waals surface area (Å²) in [5, 5.41) is 6.15. The second kappa shape index (κ2) is 7.77. The normalized spacial score (nSPS) is 25.9. The zero-order chi connectivity index (χ0) is 21.5. The maximum atomic E-state index is 12.9. The van der Waals surface area contributed by atoms with Crippen molar-refractivity contribution in [2.45, 2.75) is 36.8 Å². The molecule has 1 aromatic heterocycles. The number of nitrogens with zero attached hydrogens (tertiary/aromatic N) is 3. The quantitative estimate of drug-likeness (QED) is 0.623. The topological polar surface area (TPSA) is 48.5 Å². The van der Waals surface area contributed by atoms with Crippen LogP contribution >= 0.6 is 11.3 Å². The van der Waals surface area contributed by atoms with Gasteiger partial charge < -0.3 is 5.32 Å². The number of thiazole rings is 1. The maximum absolute atomic E-state index is 12.9. The van der Waals surface area contributed by atoms with Gasteiger partial charge in [-0.25, -0.2) is 9.78 Å². The monoisotopic (exact) mass is 432 g/mol. The molecule has 2 aliphatic rings. The SMILES string of the molecule is CN(C)C1(c2ccccc2)CCC2(CC1)CN(c1nc(-c3ccccc3)cs1)C(=O)N2. The molecule has 1 spiro atoms. The van der Waals surface area contributed by atoms with Gasteiger partial charge >= 0.3 is 6.03 Å². The van der Waals surface area contributed by atoms with Crippen LogP contribution in [-0.2, 0) is 5.54 Å². The molecule has 2 fully saturated rings. The minimum atomic E-state index is -0.177. The third-order valence-corrected chi connectivity index (χ3v) is 7.94. The number of aromatic nitrogens is 1. The Hall–Kier alpha value is -2.70. The summed E-state index contributed by atoms with van der Waals surface area (Å²) in [4.78, 5) is 21.9. The first kappa shape index (κ1) is 20.2. The molecular formula is C25H28N4OS. The summed E-state index contributed by atoms with van der Waals surface area (Å²) in [5.41, 5.74) is 3.21. The minimum Gasteiger partial charge on any atom is -0.330 e. The summed E-state index contributed by atoms with van der Waals surface area (Å²) in [7, 11) is 4.34. The third kappa shape index (κ3) is 3.54. The molecule has 0 radical (unpaired) electrons. The highest BCUT2D eigenvalue weighted by atomic mass is 32.1. The molecule has 1 saturated heterocycles. The average molecular weight is 433 g/mol. The van der Waals surface area contributed by atoms with Crippen molar-refractivity contribution in [3.8, 4) is 11.3 Å². The number of amides is 2. The lowest BCUT2D eigenvalue weighted by Gasteiger charge is -2.48. The van der Waals surface area contributed by atoms with Crippen molar-refractivity contribution in [3.63, 3.8) is 0 Å². The number of rotatable bonds is 4. The lowest BCUT2D eigenvalue weighted by Crippen LogP contribution is -2.54. The van der Waals surface area contributed by atoms with Gasteiger partial charge in [0, 0.05) is 16.5 Å². The molecule has 1 saturated carbocycles. The van der Waals surface area contributed by atoms with Crippen LogP contribution in [0.3, 0.4) is 0 Å². The summed E-state index contributed by atoms with van der Waals surface area (Å²) in [6.07, 6.45) is 3.95. The number of nitrogens with one attached hydrogen (secondary N) is 1. The number of carbonyl (C=O) groups excluding carboxylic acids is 1. The average Bonchev–Trinajstić information content (AvgIpc) is 3.40. The van der Waals surface area contributed by atoms with Crippen LogP contribution in [0.2, 0.25) is 0 Å². The van der Waals surface area contributed by atoms with Gasteiger partial charge in [-0.15, -0.1) is 11.3 Å². The molecule has 1 aliphatic carbocycles. The van der Waals surface area contributed by atoms with E-state index in [0.29, 0.717) is 6.54 Å². The van der Waals surface area contributed by atoms with Crippen LogP contribution in [0, 0.1) is 0 Å². The highest BCUT2D eigenvalue weighted by Gasteiger charge is 2.50. The summed E-state index contributed by atoms with van der Waals surface area (Å²) < 4.78 is 0. The Morgan fingerprint density at radius 2 is 1.61 bits per heavy atom. The van der Waals surface area contributed by atoms with E-state index in [4.69, 9.17) is 4.98 Å². The predicted octanol–water partition coefficient (Wildman–Crippen LogP) is 5.11. The van der Waals surface area contributed by atoms with Gasteiger partial charge in [-0.3, -0.25) is 9.80 Å². The van der Waals surface area contributed by atoms with Gasteiger partial charge in [0.2, 0.25) is 0 Å². The Kier molecular flexibility index (Phi) is 5.07. The number of hydrogen-bond acceptors (Lipinski definition) is 4. The van der Waals surface area contributed by atoms with E-state index < -0.39 is 0 Å². The van der Waals surface area contributed by atoms with Crippen molar-refractivity contribution in [3.05, 3.63) is 71.6 Å². The van der Waals surface area contributed by atoms with E-state index in [1.165, 1.54) is 5.56 Å². The highest BCUT2D eigenvalue weighted by Crippen LogP contribution is 2.46. The maximum Gasteiger partial charge on any atom is 0.324 e. The predicted molar refractivity (Wildman–Crippen MR) is 126 cm³/mol. The first-order chi connectivity index (χ1) is 15.0. The van der Waals surface area contributed by atoms with Crippen LogP contribution in [0.1, 0.15) is 31.2 Å². The van der Waals surface area contributed by atoms with Gasteiger partial charge in [0.15, 0.2) is 5.13 Å². The van der Waals surface area contributed by atoms with Gasteiger partial charge in [0.05, 0.1) is 17.8 Å². The Labute approximate surface area is 187 Å². The molecule has 5 rings (SSSR count). The largest absolute Gasteiger partial charge is 0.330 e. The Bertz CT molecular complexity index is 1060. The molecule has 2 heterocycles. The molecule has 2 amide bonds. The Balaban J connectivity index is 1.34. The number of urea groups is 1. The van der Waals surface area contributed by atoms with E-state index in [2.05, 4.69) is 66.8 Å². The van der Waals surface area contributed by atoms with Crippen LogP contribution in [0.25, 0.3) is 11.3 Å². The van der Waals surface area contributed by atoms with Crippen LogP contribution in [0.5, 0.6) is 0 Å². The van der Waals surface area contributed by atoms with Crippen molar-refractivity contribution in [2.24, 2.45) is 0 Å². The Morgan fingerprint density at radius 1 is 0.968 bits per heavy atom. The molecule has 31 heavy (non-hydrogen) atoms. The molecule has 0 unspecified atom stereocenters. The van der Waals surface area contributed by atoms with Gasteiger partial charge in [0.25, 0.3) is 0 Å². The van der Waals surface area contributed by atoms with Crippen LogP contribution in [0.15, 0.2) is 66.0 Å². The number of carbonyl (C=O) groups is 1. The summed E-state index contributed by atoms with van der Waals surface area (Å²) >= 11 is 1.54. The molecule has 2 aromatic carbocycles. The fourth-order valence-corrected chi connectivity index (χ4v) is 5.99. The third-order valence-electron chi connectivity index (χ3n) is 7.07. The summed E-state index contributed by atoms with van der Waals surface area (Å²) in [6, 6.07) is 20.9. The van der Waals surface area contributed by atoms with Crippen molar-refractivity contribution in [1.29, 1.82) is 0 Å². The fraction of sp³-hybridized carbons (Fsp3) is 0.360. The van der Waals surface area contributed by atoms with E-state index in [0.717, 1.165) is 42.1 Å². The van der Waals surface area contributed by atoms with E-state index in [9.17, 15) is 4.79 Å². The zero-order valence-electron chi connectivity index (χ0n) is 18.0. The van der Waals surface area contributed by atoms with Crippen molar-refractivity contribution < 1.29 is 4.79 Å². The molecule has 6 heteroatoms. The second-order valence-corrected chi connectivity index (χ2v) is 9.81. The number of benzene rings is 2. The van der Waals surface area contributed by atoms with Crippen molar-refractivity contribution in [1.82, 2.24) is 15.2 Å². The van der Waals surface area contributed by atoms with Crippen LogP contribution in [-0.4, -0.2) is 42.1 Å². The lowest BCUT2D eigenvalue weighted by molar-refractivity contribution is 0.0658. The highest BCUT2D eigenvalue weighted by molar-refractivity contribution is 7.14. The first-order valence-electron chi connectivity index (χ1n) is 10.9. The van der Waals surface area contributed by atoms with Gasteiger partial charge in [-0.1, -0.05) is 60.7 Å². The lowest BCUT2D eigenvalue weighted by atomic mass is 9.69. The summed E-state index contributed by atoms with van der Waals surface area (Å²) in [5.74, 6) is 0.